The molecule has 142 valence electrons. The van der Waals surface area contributed by atoms with Crippen LogP contribution in [0.1, 0.15) is 91.9 Å². The summed E-state index contributed by atoms with van der Waals surface area (Å²) in [5.74, 6) is 0. The van der Waals surface area contributed by atoms with Gasteiger partial charge in [-0.05, 0) is 45.8 Å². The molecule has 1 heterocycles. The Bertz CT molecular complexity index is 308. The third-order valence-corrected chi connectivity index (χ3v) is 9.85. The van der Waals surface area contributed by atoms with Crippen molar-refractivity contribution in [3.8, 4) is 0 Å². The Morgan fingerprint density at radius 2 is 1.33 bits per heavy atom. The predicted octanol–water partition coefficient (Wildman–Crippen LogP) is 6.80. The predicted molar refractivity (Wildman–Crippen MR) is 114 cm³/mol. The molecule has 24 heavy (non-hydrogen) atoms. The third-order valence-electron chi connectivity index (χ3n) is 6.01. The van der Waals surface area contributed by atoms with E-state index in [4.69, 9.17) is 0 Å². The van der Waals surface area contributed by atoms with E-state index in [-0.39, 0.29) is 0 Å². The van der Waals surface area contributed by atoms with Gasteiger partial charge in [0.1, 0.15) is 0 Å². The minimum absolute atomic E-state index is 0.558. The summed E-state index contributed by atoms with van der Waals surface area (Å²) in [7, 11) is -0.558. The summed E-state index contributed by atoms with van der Waals surface area (Å²) in [6.45, 7) is 12.2. The molecule has 0 bridgehead atoms. The Labute approximate surface area is 154 Å². The zero-order valence-electron chi connectivity index (χ0n) is 17.3. The minimum Gasteiger partial charge on any atom is -0.297 e. The molecular formula is C22H45NSi. The molecular weight excluding hydrogens is 306 g/mol. The van der Waals surface area contributed by atoms with E-state index in [1.807, 2.05) is 0 Å². The van der Waals surface area contributed by atoms with Gasteiger partial charge in [0.15, 0.2) is 0 Å². The van der Waals surface area contributed by atoms with E-state index in [2.05, 4.69) is 38.7 Å². The maximum atomic E-state index is 2.82. The molecule has 1 nitrogen and oxygen atoms in total. The lowest BCUT2D eigenvalue weighted by Crippen LogP contribution is -2.37. The zero-order chi connectivity index (χ0) is 17.6. The summed E-state index contributed by atoms with van der Waals surface area (Å²) in [6, 6.07) is 5.23. The molecule has 0 aromatic rings. The fourth-order valence-electron chi connectivity index (χ4n) is 4.45. The molecule has 1 atom stereocenters. The first-order valence-electron chi connectivity index (χ1n) is 11.1. The number of nitrogens with zero attached hydrogens (tertiary/aromatic N) is 1. The standard InChI is InChI=1S/C22H45NSi/c1-5-18-24(19-6-2)20-22(7-3)21(4)23-16-14-12-10-8-9-11-13-15-17-23/h7,21,24H,5-6,8-20H2,1-4H3/b22-7-. The van der Waals surface area contributed by atoms with Crippen molar-refractivity contribution in [2.24, 2.45) is 0 Å². The Balaban J connectivity index is 2.63. The number of rotatable bonds is 8. The van der Waals surface area contributed by atoms with Gasteiger partial charge in [-0.3, -0.25) is 4.90 Å². The van der Waals surface area contributed by atoms with Gasteiger partial charge in [0.05, 0.1) is 0 Å². The monoisotopic (exact) mass is 351 g/mol. The fraction of sp³-hybridized carbons (Fsp3) is 0.909. The molecule has 1 unspecified atom stereocenters. The van der Waals surface area contributed by atoms with Crippen LogP contribution in [0.25, 0.3) is 0 Å². The van der Waals surface area contributed by atoms with E-state index in [1.165, 1.54) is 95.4 Å². The van der Waals surface area contributed by atoms with Gasteiger partial charge in [0.25, 0.3) is 0 Å². The third kappa shape index (κ3) is 8.85. The molecule has 2 heteroatoms. The van der Waals surface area contributed by atoms with Gasteiger partial charge in [0, 0.05) is 14.8 Å². The summed E-state index contributed by atoms with van der Waals surface area (Å²) in [4.78, 5) is 2.82. The quantitative estimate of drug-likeness (QED) is 0.343. The average Bonchev–Trinajstić information content (AvgIpc) is 2.64. The van der Waals surface area contributed by atoms with Crippen molar-refractivity contribution in [3.05, 3.63) is 11.6 Å². The van der Waals surface area contributed by atoms with Crippen molar-refractivity contribution in [2.45, 2.75) is 116 Å². The number of hydrogen-bond donors (Lipinski definition) is 0. The van der Waals surface area contributed by atoms with Gasteiger partial charge >= 0.3 is 0 Å². The Morgan fingerprint density at radius 3 is 1.75 bits per heavy atom. The summed E-state index contributed by atoms with van der Waals surface area (Å²) < 4.78 is 0. The van der Waals surface area contributed by atoms with Crippen molar-refractivity contribution in [1.82, 2.24) is 4.90 Å². The summed E-state index contributed by atoms with van der Waals surface area (Å²) >= 11 is 0. The second kappa shape index (κ2) is 14.1. The van der Waals surface area contributed by atoms with Crippen molar-refractivity contribution >= 4 is 8.80 Å². The first-order valence-corrected chi connectivity index (χ1v) is 13.6. The molecule has 0 amide bonds. The van der Waals surface area contributed by atoms with E-state index in [1.54, 1.807) is 5.57 Å². The number of hydrogen-bond acceptors (Lipinski definition) is 1. The van der Waals surface area contributed by atoms with E-state index >= 15 is 0 Å². The maximum Gasteiger partial charge on any atom is 0.0409 e. The van der Waals surface area contributed by atoms with Crippen LogP contribution in [0.5, 0.6) is 0 Å². The van der Waals surface area contributed by atoms with Crippen LogP contribution in [0.2, 0.25) is 18.1 Å². The molecule has 0 radical (unpaired) electrons. The van der Waals surface area contributed by atoms with Crippen LogP contribution in [0.3, 0.4) is 0 Å². The van der Waals surface area contributed by atoms with Gasteiger partial charge in [-0.2, -0.15) is 0 Å². The normalized spacial score (nSPS) is 20.8. The van der Waals surface area contributed by atoms with Crippen molar-refractivity contribution < 1.29 is 0 Å². The topological polar surface area (TPSA) is 3.24 Å². The molecule has 0 spiro atoms. The van der Waals surface area contributed by atoms with Crippen LogP contribution in [0, 0.1) is 0 Å². The first-order chi connectivity index (χ1) is 11.7. The summed E-state index contributed by atoms with van der Waals surface area (Å²) in [6.07, 6.45) is 16.8. The van der Waals surface area contributed by atoms with Crippen LogP contribution >= 0.6 is 0 Å². The largest absolute Gasteiger partial charge is 0.297 e. The zero-order valence-corrected chi connectivity index (χ0v) is 18.4. The van der Waals surface area contributed by atoms with Crippen LogP contribution < -0.4 is 0 Å². The molecule has 1 rings (SSSR count). The summed E-state index contributed by atoms with van der Waals surface area (Å²) in [5.41, 5.74) is 1.77. The Kier molecular flexibility index (Phi) is 12.9. The van der Waals surface area contributed by atoms with Crippen molar-refractivity contribution in [1.29, 1.82) is 0 Å². The molecule has 0 N–H and O–H groups in total. The minimum atomic E-state index is -0.558. The molecule has 1 saturated heterocycles. The molecule has 0 saturated carbocycles. The maximum absolute atomic E-state index is 2.82. The molecule has 1 fully saturated rings. The van der Waals surface area contributed by atoms with Crippen molar-refractivity contribution in [3.63, 3.8) is 0 Å². The first kappa shape index (κ1) is 22.0. The lowest BCUT2D eigenvalue weighted by molar-refractivity contribution is 0.224. The molecule has 1 aliphatic rings. The van der Waals surface area contributed by atoms with Gasteiger partial charge in [-0.15, -0.1) is 0 Å². The highest BCUT2D eigenvalue weighted by Crippen LogP contribution is 2.23. The number of allylic oxidation sites excluding steroid dienone is 1. The highest BCUT2D eigenvalue weighted by Gasteiger charge is 2.20. The van der Waals surface area contributed by atoms with E-state index in [9.17, 15) is 0 Å². The Hall–Kier alpha value is -0.0831. The van der Waals surface area contributed by atoms with Crippen LogP contribution in [-0.4, -0.2) is 32.8 Å². The Morgan fingerprint density at radius 1 is 0.875 bits per heavy atom. The fourth-order valence-corrected chi connectivity index (χ4v) is 8.03. The second-order valence-electron chi connectivity index (χ2n) is 8.05. The molecule has 1 aliphatic heterocycles. The van der Waals surface area contributed by atoms with E-state index in [0.29, 0.717) is 6.04 Å². The van der Waals surface area contributed by atoms with Gasteiger partial charge in [-0.25, -0.2) is 0 Å². The van der Waals surface area contributed by atoms with Gasteiger partial charge in [0.2, 0.25) is 0 Å². The van der Waals surface area contributed by atoms with E-state index in [0.717, 1.165) is 0 Å². The second-order valence-corrected chi connectivity index (χ2v) is 11.3. The van der Waals surface area contributed by atoms with Crippen molar-refractivity contribution in [2.75, 3.05) is 13.1 Å². The van der Waals surface area contributed by atoms with Crippen LogP contribution in [0.4, 0.5) is 0 Å². The molecule has 0 aromatic carbocycles. The van der Waals surface area contributed by atoms with Crippen LogP contribution in [0.15, 0.2) is 11.6 Å². The van der Waals surface area contributed by atoms with E-state index < -0.39 is 8.80 Å². The van der Waals surface area contributed by atoms with Gasteiger partial charge < -0.3 is 0 Å². The highest BCUT2D eigenvalue weighted by atomic mass is 28.3. The van der Waals surface area contributed by atoms with Crippen LogP contribution in [-0.2, 0) is 0 Å². The lowest BCUT2D eigenvalue weighted by atomic mass is 10.1. The lowest BCUT2D eigenvalue weighted by Gasteiger charge is -2.32. The SMILES string of the molecule is C/C=C(/C[SiH](CCC)CCC)C(C)N1CCCCCCCCCC1. The molecule has 0 aromatic heterocycles. The average molecular weight is 352 g/mol. The van der Waals surface area contributed by atoms with Gasteiger partial charge in [-0.1, -0.05) is 89.0 Å². The highest BCUT2D eigenvalue weighted by molar-refractivity contribution is 6.59. The smallest absolute Gasteiger partial charge is 0.0409 e. The molecule has 0 aliphatic carbocycles. The summed E-state index contributed by atoms with van der Waals surface area (Å²) in [5, 5.41) is 0.